The number of ketones is 2. The molecule has 22 nitrogen and oxygen atoms in total. The van der Waals surface area contributed by atoms with E-state index in [1.807, 2.05) is 91.1 Å². The van der Waals surface area contributed by atoms with Crippen LogP contribution in [0.1, 0.15) is 184 Å². The van der Waals surface area contributed by atoms with Crippen LogP contribution in [0.15, 0.2) is 72.1 Å². The van der Waals surface area contributed by atoms with Gasteiger partial charge in [0.15, 0.2) is 11.9 Å². The minimum atomic E-state index is -1.05. The van der Waals surface area contributed by atoms with E-state index >= 15 is 4.79 Å². The van der Waals surface area contributed by atoms with Crippen LogP contribution >= 0.6 is 11.3 Å². The molecule has 1 aromatic heterocycles. The van der Waals surface area contributed by atoms with Crippen LogP contribution in [0, 0.1) is 35.5 Å². The van der Waals surface area contributed by atoms with E-state index in [0.717, 1.165) is 46.7 Å². The molecule has 9 atom stereocenters. The van der Waals surface area contributed by atoms with Crippen LogP contribution in [0.4, 0.5) is 10.5 Å². The number of primary amides is 1. The molecule has 0 aliphatic carbocycles. The topological polar surface area (TPSA) is 314 Å². The second kappa shape index (κ2) is 37.8. The lowest BCUT2D eigenvalue weighted by Crippen LogP contribution is -2.50. The molecule has 92 heavy (non-hydrogen) atoms. The highest BCUT2D eigenvalue weighted by Crippen LogP contribution is 2.34. The number of piperidine rings is 1. The highest BCUT2D eigenvalue weighted by molar-refractivity contribution is 7.09. The molecule has 7 N–H and O–H groups in total. The summed E-state index contributed by atoms with van der Waals surface area (Å²) < 4.78 is 6.07. The Morgan fingerprint density at radius 3 is 2.10 bits per heavy atom. The zero-order chi connectivity index (χ0) is 67.6. The normalized spacial score (nSPS) is 16.8. The standard InChI is InChI=1S/C69H99N9O13S/c1-10-45(6)53(40-58(80)56-25-18-20-34-76(56)9)67(87)77(57(44(4)5)41-59(91-69(90)71-8)66-75-55(42-92-66)65(86)73-50(37-46(7)68(88)89)38-48-21-13-11-14-22-48)36-33-47-27-29-49(30-28-47)72-64(85)54(24-16-17-26-60(70)81)74-63(84)52(43(2)3)39-51(79)23-15-12-19-35-78-61(82)31-32-62(78)83/h11,13-14,21-22,27-32,42-46,50,52-54,56-57,59H,10,12,15-20,23-26,33-41H2,1-9H3,(H2,70,81)(H,71,90)(H,72,85)(H,73,86)(H,74,84)(H,88,89)/t45-,46+,50+,52-,53-,54-,56+,57+,59+/m0/s1. The Balaban J connectivity index is 1.38. The number of alkyl carbamates (subject to hydrolysis) is 1. The lowest BCUT2D eigenvalue weighted by molar-refractivity contribution is -0.144. The van der Waals surface area contributed by atoms with Gasteiger partial charge in [-0.3, -0.25) is 57.7 Å². The number of nitrogens with one attached hydrogen (secondary N) is 4. The molecule has 3 heterocycles. The van der Waals surface area contributed by atoms with Crippen LogP contribution in [-0.2, 0) is 60.7 Å². The number of nitrogens with zero attached hydrogens (tertiary/aromatic N) is 4. The van der Waals surface area contributed by atoms with E-state index in [2.05, 4.69) is 26.2 Å². The van der Waals surface area contributed by atoms with E-state index in [0.29, 0.717) is 68.5 Å². The van der Waals surface area contributed by atoms with Crippen molar-refractivity contribution < 1.29 is 62.6 Å². The summed E-state index contributed by atoms with van der Waals surface area (Å²) in [5.74, 6) is -6.91. The second-order valence-electron chi connectivity index (χ2n) is 25.6. The SMILES string of the molecule is CC[C@H](C)[C@H](CC(=O)[C@H]1CCCCN1C)C(=O)N(CCc1ccc(NC(=O)[C@H](CCCCC(N)=O)NC(=O)[C@@H](CC(=O)CCCCCN2C(=O)C=CC2=O)C(C)C)cc1)[C@H](C[C@@H](OC(=O)NC)c1nc(C(=O)N[C@@H](Cc2ccccc2)C[C@@H](C)C(=O)O)cs1)C(C)C. The molecule has 2 aromatic carbocycles. The van der Waals surface area contributed by atoms with Gasteiger partial charge in [0.05, 0.1) is 12.0 Å². The number of benzene rings is 2. The smallest absolute Gasteiger partial charge is 0.407 e. The number of carboxylic acids is 1. The van der Waals surface area contributed by atoms with Crippen LogP contribution < -0.4 is 27.0 Å². The number of likely N-dealkylation sites (tertiary alicyclic amines) is 1. The summed E-state index contributed by atoms with van der Waals surface area (Å²) in [5, 5.41) is 23.0. The first-order valence-electron chi connectivity index (χ1n) is 32.8. The first kappa shape index (κ1) is 75.1. The summed E-state index contributed by atoms with van der Waals surface area (Å²) in [6.07, 6.45) is 7.71. The van der Waals surface area contributed by atoms with Crippen molar-refractivity contribution in [1.29, 1.82) is 0 Å². The van der Waals surface area contributed by atoms with Crippen molar-refractivity contribution in [3.05, 3.63) is 94.0 Å². The number of unbranched alkanes of at least 4 members (excludes halogenated alkanes) is 3. The first-order valence-corrected chi connectivity index (χ1v) is 33.7. The number of hydrogen-bond acceptors (Lipinski definition) is 15. The van der Waals surface area contributed by atoms with Crippen molar-refractivity contribution in [2.24, 2.45) is 41.2 Å². The molecule has 8 amide bonds. The number of Topliss-reactive ketones (excluding diaryl/α,β-unsaturated/α-hetero) is 2. The Morgan fingerprint density at radius 1 is 0.793 bits per heavy atom. The summed E-state index contributed by atoms with van der Waals surface area (Å²) in [6, 6.07) is 14.0. The van der Waals surface area contributed by atoms with Crippen LogP contribution in [0.2, 0.25) is 0 Å². The minimum Gasteiger partial charge on any atom is -0.481 e. The molecule has 0 radical (unpaired) electrons. The van der Waals surface area contributed by atoms with E-state index in [-0.39, 0.29) is 117 Å². The van der Waals surface area contributed by atoms with Crippen molar-refractivity contribution in [1.82, 2.24) is 35.6 Å². The number of likely N-dealkylation sites (N-methyl/N-ethyl adjacent to an activating group) is 1. The number of rotatable bonds is 40. The lowest BCUT2D eigenvalue weighted by Gasteiger charge is -2.40. The van der Waals surface area contributed by atoms with Gasteiger partial charge in [-0.05, 0) is 112 Å². The maximum atomic E-state index is 15.6. The fourth-order valence-corrected chi connectivity index (χ4v) is 12.8. The molecule has 0 unspecified atom stereocenters. The molecular weight excluding hydrogens is 1190 g/mol. The fraction of sp³-hybridized carbons (Fsp3) is 0.594. The van der Waals surface area contributed by atoms with Gasteiger partial charge in [0.25, 0.3) is 17.7 Å². The van der Waals surface area contributed by atoms with Gasteiger partial charge >= 0.3 is 12.1 Å². The maximum absolute atomic E-state index is 15.6. The molecule has 0 saturated carbocycles. The van der Waals surface area contributed by atoms with Gasteiger partial charge < -0.3 is 41.7 Å². The molecule has 2 aliphatic rings. The van der Waals surface area contributed by atoms with Gasteiger partial charge in [-0.1, -0.05) is 117 Å². The highest BCUT2D eigenvalue weighted by atomic mass is 32.1. The Morgan fingerprint density at radius 2 is 1.48 bits per heavy atom. The summed E-state index contributed by atoms with van der Waals surface area (Å²) >= 11 is 1.12. The van der Waals surface area contributed by atoms with Gasteiger partial charge in [0.2, 0.25) is 23.6 Å². The number of carboxylic acid groups (broad SMARTS) is 1. The van der Waals surface area contributed by atoms with Crippen molar-refractivity contribution in [2.45, 2.75) is 194 Å². The lowest BCUT2D eigenvalue weighted by atomic mass is 9.82. The Hall–Kier alpha value is -7.66. The number of nitrogens with two attached hydrogens (primary N) is 1. The van der Waals surface area contributed by atoms with Crippen LogP contribution in [0.3, 0.4) is 0 Å². The van der Waals surface area contributed by atoms with Gasteiger partial charge in [-0.25, -0.2) is 9.78 Å². The Kier molecular flexibility index (Phi) is 30.8. The molecule has 23 heteroatoms. The van der Waals surface area contributed by atoms with Gasteiger partial charge in [-0.15, -0.1) is 11.3 Å². The van der Waals surface area contributed by atoms with E-state index < -0.39 is 77.7 Å². The van der Waals surface area contributed by atoms with E-state index in [1.54, 1.807) is 29.3 Å². The average Bonchev–Trinajstić information content (AvgIpc) is 1.22. The van der Waals surface area contributed by atoms with E-state index in [4.69, 9.17) is 15.5 Å². The Labute approximate surface area is 546 Å². The number of aromatic nitrogens is 1. The van der Waals surface area contributed by atoms with Crippen molar-refractivity contribution in [3.8, 4) is 0 Å². The molecule has 504 valence electrons. The molecular formula is C69H99N9O13S. The number of anilines is 1. The molecule has 1 saturated heterocycles. The number of hydrogen-bond donors (Lipinski definition) is 6. The quantitative estimate of drug-likeness (QED) is 0.0229. The third-order valence-corrected chi connectivity index (χ3v) is 18.7. The first-order chi connectivity index (χ1) is 43.8. The third-order valence-electron chi connectivity index (χ3n) is 17.8. The molecule has 1 fully saturated rings. The summed E-state index contributed by atoms with van der Waals surface area (Å²) in [4.78, 5) is 156. The minimum absolute atomic E-state index is 0.0102. The summed E-state index contributed by atoms with van der Waals surface area (Å²) in [6.45, 7) is 14.4. The predicted molar refractivity (Wildman–Crippen MR) is 352 cm³/mol. The number of thiazole rings is 1. The Bertz CT molecular complexity index is 2990. The largest absolute Gasteiger partial charge is 0.481 e. The van der Waals surface area contributed by atoms with Crippen molar-refractivity contribution in [3.63, 3.8) is 0 Å². The van der Waals surface area contributed by atoms with E-state index in [9.17, 15) is 53.1 Å². The number of aliphatic carboxylic acids is 1. The average molecular weight is 1290 g/mol. The van der Waals surface area contributed by atoms with Gasteiger partial charge in [-0.2, -0.15) is 0 Å². The summed E-state index contributed by atoms with van der Waals surface area (Å²) in [5.41, 5.74) is 7.60. The number of carbonyl (C=O) groups is 11. The zero-order valence-electron chi connectivity index (χ0n) is 55.2. The number of carbonyl (C=O) groups excluding carboxylic acids is 10. The van der Waals surface area contributed by atoms with Crippen molar-refractivity contribution in [2.75, 3.05) is 39.0 Å². The molecule has 3 aromatic rings. The number of ether oxygens (including phenoxy) is 1. The van der Waals surface area contributed by atoms with Crippen LogP contribution in [0.5, 0.6) is 0 Å². The predicted octanol–water partition coefficient (Wildman–Crippen LogP) is 8.77. The van der Waals surface area contributed by atoms with Gasteiger partial charge in [0.1, 0.15) is 22.5 Å². The summed E-state index contributed by atoms with van der Waals surface area (Å²) in [7, 11) is 3.37. The molecule has 2 aliphatic heterocycles. The van der Waals surface area contributed by atoms with Gasteiger partial charge in [0, 0.05) is 99.4 Å². The zero-order valence-corrected chi connectivity index (χ0v) is 56.1. The maximum Gasteiger partial charge on any atom is 0.407 e. The molecule has 5 rings (SSSR count). The van der Waals surface area contributed by atoms with Crippen LogP contribution in [-0.4, -0.2) is 148 Å². The third kappa shape index (κ3) is 23.8. The molecule has 0 spiro atoms. The highest BCUT2D eigenvalue weighted by Gasteiger charge is 2.40. The molecule has 0 bridgehead atoms. The monoisotopic (exact) mass is 1290 g/mol. The van der Waals surface area contributed by atoms with Crippen molar-refractivity contribution >= 4 is 82.0 Å². The number of amides is 8. The number of imide groups is 1. The second-order valence-corrected chi connectivity index (χ2v) is 26.4. The fourth-order valence-electron chi connectivity index (χ4n) is 11.9. The van der Waals surface area contributed by atoms with Crippen LogP contribution in [0.25, 0.3) is 0 Å². The van der Waals surface area contributed by atoms with E-state index in [1.165, 1.54) is 19.2 Å².